The van der Waals surface area contributed by atoms with Crippen molar-refractivity contribution in [1.82, 2.24) is 5.32 Å². The number of benzene rings is 1. The molecule has 0 radical (unpaired) electrons. The van der Waals surface area contributed by atoms with Crippen molar-refractivity contribution in [3.8, 4) is 0 Å². The van der Waals surface area contributed by atoms with Crippen LogP contribution < -0.4 is 5.32 Å². The molecule has 0 aliphatic heterocycles. The highest BCUT2D eigenvalue weighted by Gasteiger charge is 2.18. The van der Waals surface area contributed by atoms with Crippen molar-refractivity contribution in [1.29, 1.82) is 0 Å². The Morgan fingerprint density at radius 1 is 1.18 bits per heavy atom. The van der Waals surface area contributed by atoms with Crippen molar-refractivity contribution in [2.45, 2.75) is 31.8 Å². The fraction of sp³-hybridized carbons (Fsp3) is 0.333. The molecule has 1 unspecified atom stereocenters. The maximum atomic E-state index is 3.69. The molecule has 1 heterocycles. The monoisotopic (exact) mass is 243 g/mol. The van der Waals surface area contributed by atoms with Crippen LogP contribution in [0.3, 0.4) is 0 Å². The van der Waals surface area contributed by atoms with Crippen molar-refractivity contribution in [2.24, 2.45) is 0 Å². The van der Waals surface area contributed by atoms with Gasteiger partial charge in [-0.05, 0) is 41.8 Å². The third-order valence-electron chi connectivity index (χ3n) is 3.47. The van der Waals surface area contributed by atoms with Gasteiger partial charge in [-0.25, -0.2) is 0 Å². The molecule has 3 rings (SSSR count). The average molecular weight is 243 g/mol. The Morgan fingerprint density at radius 3 is 3.00 bits per heavy atom. The fourth-order valence-electron chi connectivity index (χ4n) is 2.60. The molecule has 88 valence electrons. The lowest BCUT2D eigenvalue weighted by Crippen LogP contribution is -2.24. The van der Waals surface area contributed by atoms with E-state index in [0.717, 1.165) is 6.54 Å². The van der Waals surface area contributed by atoms with E-state index in [2.05, 4.69) is 47.1 Å². The molecular weight excluding hydrogens is 226 g/mol. The number of fused-ring (bicyclic) bond motifs is 1. The maximum Gasteiger partial charge on any atom is 0.0326 e. The molecule has 1 aliphatic rings. The minimum Gasteiger partial charge on any atom is -0.305 e. The van der Waals surface area contributed by atoms with Gasteiger partial charge in [-0.1, -0.05) is 30.3 Å². The van der Waals surface area contributed by atoms with E-state index in [9.17, 15) is 0 Å². The minimum absolute atomic E-state index is 0.544. The van der Waals surface area contributed by atoms with Gasteiger partial charge in [0.05, 0.1) is 0 Å². The van der Waals surface area contributed by atoms with Crippen LogP contribution in [0.15, 0.2) is 41.8 Å². The fourth-order valence-corrected chi connectivity index (χ4v) is 3.26. The molecule has 1 aromatic carbocycles. The molecule has 2 aromatic rings. The van der Waals surface area contributed by atoms with Crippen molar-refractivity contribution in [3.63, 3.8) is 0 Å². The van der Waals surface area contributed by atoms with Gasteiger partial charge in [-0.3, -0.25) is 0 Å². The van der Waals surface area contributed by atoms with Gasteiger partial charge >= 0.3 is 0 Å². The summed E-state index contributed by atoms with van der Waals surface area (Å²) >= 11 is 1.83. The molecule has 0 spiro atoms. The summed E-state index contributed by atoms with van der Waals surface area (Å²) in [7, 11) is 0. The van der Waals surface area contributed by atoms with E-state index < -0.39 is 0 Å². The smallest absolute Gasteiger partial charge is 0.0326 e. The lowest BCUT2D eigenvalue weighted by molar-refractivity contribution is 0.461. The first-order chi connectivity index (χ1) is 8.43. The van der Waals surface area contributed by atoms with Gasteiger partial charge < -0.3 is 5.32 Å². The number of aryl methyl sites for hydroxylation is 1. The highest BCUT2D eigenvalue weighted by atomic mass is 32.1. The molecule has 0 bridgehead atoms. The summed E-state index contributed by atoms with van der Waals surface area (Å²) in [5, 5.41) is 5.84. The van der Waals surface area contributed by atoms with E-state index in [1.807, 2.05) is 11.3 Å². The Balaban J connectivity index is 1.72. The molecule has 1 aliphatic carbocycles. The van der Waals surface area contributed by atoms with Crippen LogP contribution in [-0.2, 0) is 13.0 Å². The summed E-state index contributed by atoms with van der Waals surface area (Å²) in [5.41, 5.74) is 3.04. The molecule has 0 saturated heterocycles. The molecule has 1 nitrogen and oxygen atoms in total. The van der Waals surface area contributed by atoms with Crippen molar-refractivity contribution < 1.29 is 0 Å². The van der Waals surface area contributed by atoms with E-state index in [4.69, 9.17) is 0 Å². The van der Waals surface area contributed by atoms with Gasteiger partial charge in [-0.15, -0.1) is 11.3 Å². The Hall–Kier alpha value is -1.12. The third kappa shape index (κ3) is 2.43. The zero-order valence-electron chi connectivity index (χ0n) is 9.86. The van der Waals surface area contributed by atoms with Crippen molar-refractivity contribution in [2.75, 3.05) is 0 Å². The predicted octanol–water partition coefficient (Wildman–Crippen LogP) is 3.92. The summed E-state index contributed by atoms with van der Waals surface area (Å²) < 4.78 is 0. The molecule has 1 atom stereocenters. The Morgan fingerprint density at radius 2 is 2.12 bits per heavy atom. The van der Waals surface area contributed by atoms with E-state index in [-0.39, 0.29) is 0 Å². The molecule has 2 heteroatoms. The second kappa shape index (κ2) is 5.03. The van der Waals surface area contributed by atoms with Crippen LogP contribution in [0.4, 0.5) is 0 Å². The second-order valence-corrected chi connectivity index (χ2v) is 5.64. The Kier molecular flexibility index (Phi) is 3.25. The third-order valence-corrected chi connectivity index (χ3v) is 4.35. The van der Waals surface area contributed by atoms with Crippen LogP contribution >= 0.6 is 11.3 Å². The van der Waals surface area contributed by atoms with Crippen molar-refractivity contribution >= 4 is 11.3 Å². The Labute approximate surface area is 106 Å². The lowest BCUT2D eigenvalue weighted by Gasteiger charge is -2.26. The van der Waals surface area contributed by atoms with E-state index in [1.165, 1.54) is 35.3 Å². The van der Waals surface area contributed by atoms with Gasteiger partial charge in [0, 0.05) is 17.5 Å². The van der Waals surface area contributed by atoms with Crippen LogP contribution in [0.5, 0.6) is 0 Å². The van der Waals surface area contributed by atoms with Crippen LogP contribution in [-0.4, -0.2) is 0 Å². The first kappa shape index (κ1) is 11.0. The zero-order chi connectivity index (χ0) is 11.5. The Bertz CT molecular complexity index is 475. The molecule has 1 N–H and O–H groups in total. The van der Waals surface area contributed by atoms with Gasteiger partial charge in [0.2, 0.25) is 0 Å². The number of rotatable bonds is 3. The second-order valence-electron chi connectivity index (χ2n) is 4.60. The standard InChI is InChI=1S/C15H17NS/c1-2-8-14-12(5-1)6-3-9-15(14)16-11-13-7-4-10-17-13/h1-2,4-5,7-8,10,15-16H,3,6,9,11H2. The molecule has 0 fully saturated rings. The predicted molar refractivity (Wildman–Crippen MR) is 73.3 cm³/mol. The average Bonchev–Trinajstić information content (AvgIpc) is 2.89. The SMILES string of the molecule is c1csc(CNC2CCCc3ccccc32)c1. The molecule has 0 amide bonds. The van der Waals surface area contributed by atoms with E-state index in [1.54, 1.807) is 0 Å². The minimum atomic E-state index is 0.544. The van der Waals surface area contributed by atoms with Crippen LogP contribution in [0.1, 0.15) is 34.9 Å². The highest BCUT2D eigenvalue weighted by molar-refractivity contribution is 7.09. The van der Waals surface area contributed by atoms with Gasteiger partial charge in [0.1, 0.15) is 0 Å². The summed E-state index contributed by atoms with van der Waals surface area (Å²) in [6, 6.07) is 13.7. The molecule has 1 aromatic heterocycles. The first-order valence-corrected chi connectivity index (χ1v) is 7.15. The number of nitrogens with one attached hydrogen (secondary N) is 1. The summed E-state index contributed by atoms with van der Waals surface area (Å²) in [5.74, 6) is 0. The molecule has 17 heavy (non-hydrogen) atoms. The molecule has 0 saturated carbocycles. The largest absolute Gasteiger partial charge is 0.305 e. The quantitative estimate of drug-likeness (QED) is 0.861. The zero-order valence-corrected chi connectivity index (χ0v) is 10.7. The van der Waals surface area contributed by atoms with Crippen LogP contribution in [0.2, 0.25) is 0 Å². The summed E-state index contributed by atoms with van der Waals surface area (Å²) in [6.07, 6.45) is 3.81. The van der Waals surface area contributed by atoms with Gasteiger partial charge in [-0.2, -0.15) is 0 Å². The topological polar surface area (TPSA) is 12.0 Å². The number of thiophene rings is 1. The number of hydrogen-bond donors (Lipinski definition) is 1. The molecular formula is C15H17NS. The highest BCUT2D eigenvalue weighted by Crippen LogP contribution is 2.29. The van der Waals surface area contributed by atoms with Gasteiger partial charge in [0.15, 0.2) is 0 Å². The number of hydrogen-bond acceptors (Lipinski definition) is 2. The van der Waals surface area contributed by atoms with E-state index >= 15 is 0 Å². The van der Waals surface area contributed by atoms with Crippen LogP contribution in [0, 0.1) is 0 Å². The normalized spacial score (nSPS) is 18.9. The van der Waals surface area contributed by atoms with Crippen LogP contribution in [0.25, 0.3) is 0 Å². The lowest BCUT2D eigenvalue weighted by atomic mass is 9.88. The summed E-state index contributed by atoms with van der Waals surface area (Å²) in [6.45, 7) is 0.997. The maximum absolute atomic E-state index is 3.69. The van der Waals surface area contributed by atoms with Crippen molar-refractivity contribution in [3.05, 3.63) is 57.8 Å². The van der Waals surface area contributed by atoms with E-state index in [0.29, 0.717) is 6.04 Å². The first-order valence-electron chi connectivity index (χ1n) is 6.27. The van der Waals surface area contributed by atoms with Gasteiger partial charge in [0.25, 0.3) is 0 Å². The summed E-state index contributed by atoms with van der Waals surface area (Å²) in [4.78, 5) is 1.42.